The predicted molar refractivity (Wildman–Crippen MR) is 136 cm³/mol. The summed E-state index contributed by atoms with van der Waals surface area (Å²) in [7, 11) is 0. The molecule has 6 rings (SSSR count). The summed E-state index contributed by atoms with van der Waals surface area (Å²) in [5, 5.41) is 0. The van der Waals surface area contributed by atoms with E-state index in [4.69, 9.17) is 0 Å². The Morgan fingerprint density at radius 1 is 0.788 bits per heavy atom. The fraction of sp³-hybridized carbons (Fsp3) is 0.323. The lowest BCUT2D eigenvalue weighted by molar-refractivity contribution is -0.733. The summed E-state index contributed by atoms with van der Waals surface area (Å²) < 4.78 is 5.25. The maximum Gasteiger partial charge on any atom is 0.295 e. The van der Waals surface area contributed by atoms with Gasteiger partial charge in [-0.1, -0.05) is 79.9 Å². The number of nitrogens with zero attached hydrogens (tertiary/aromatic N) is 2. The Hall–Kier alpha value is -3.13. The molecular weight excluding hydrogens is 400 g/mol. The molecule has 1 aromatic heterocycles. The molecular formula is C31H33N2+. The molecule has 0 N–H and O–H groups in total. The Morgan fingerprint density at radius 2 is 1.45 bits per heavy atom. The van der Waals surface area contributed by atoms with Gasteiger partial charge in [-0.05, 0) is 50.5 Å². The van der Waals surface area contributed by atoms with Crippen molar-refractivity contribution in [3.63, 3.8) is 0 Å². The lowest BCUT2D eigenvalue weighted by atomic mass is 9.72. The number of para-hydroxylation sites is 1. The van der Waals surface area contributed by atoms with Crippen molar-refractivity contribution < 1.29 is 4.57 Å². The molecule has 1 atom stereocenters. The van der Waals surface area contributed by atoms with Crippen molar-refractivity contribution in [3.05, 3.63) is 95.7 Å². The molecule has 33 heavy (non-hydrogen) atoms. The summed E-state index contributed by atoms with van der Waals surface area (Å²) in [6, 6.07) is 29.0. The van der Waals surface area contributed by atoms with Crippen LogP contribution in [0.25, 0.3) is 28.3 Å². The minimum absolute atomic E-state index is 0.0454. The first kappa shape index (κ1) is 20.5. The molecule has 0 saturated heterocycles. The average molecular weight is 434 g/mol. The highest BCUT2D eigenvalue weighted by Gasteiger charge is 2.54. The number of rotatable bonds is 3. The molecule has 2 heterocycles. The first-order valence-electron chi connectivity index (χ1n) is 12.5. The molecule has 1 saturated carbocycles. The average Bonchev–Trinajstić information content (AvgIpc) is 3.32. The summed E-state index contributed by atoms with van der Waals surface area (Å²) in [5.74, 6) is 1.95. The Kier molecular flexibility index (Phi) is 4.79. The number of aromatic nitrogens is 2. The number of imidazole rings is 1. The third kappa shape index (κ3) is 2.89. The summed E-state index contributed by atoms with van der Waals surface area (Å²) >= 11 is 0. The molecule has 166 valence electrons. The highest BCUT2D eigenvalue weighted by Crippen LogP contribution is 2.49. The van der Waals surface area contributed by atoms with Crippen LogP contribution in [0.5, 0.6) is 0 Å². The summed E-state index contributed by atoms with van der Waals surface area (Å²) in [6.07, 6.45) is 6.67. The van der Waals surface area contributed by atoms with Crippen LogP contribution in [0.4, 0.5) is 0 Å². The van der Waals surface area contributed by atoms with Gasteiger partial charge in [0, 0.05) is 24.0 Å². The maximum atomic E-state index is 2.73. The Labute approximate surface area is 197 Å². The van der Waals surface area contributed by atoms with Gasteiger partial charge in [-0.2, -0.15) is 4.57 Å². The predicted octanol–water partition coefficient (Wildman–Crippen LogP) is 7.37. The number of benzene rings is 3. The van der Waals surface area contributed by atoms with E-state index in [1.807, 2.05) is 0 Å². The Balaban J connectivity index is 1.75. The normalized spacial score (nSPS) is 20.0. The summed E-state index contributed by atoms with van der Waals surface area (Å²) in [4.78, 5) is 0. The smallest absolute Gasteiger partial charge is 0.213 e. The fourth-order valence-corrected chi connectivity index (χ4v) is 6.67. The zero-order valence-electron chi connectivity index (χ0n) is 20.0. The maximum absolute atomic E-state index is 2.73. The molecule has 1 fully saturated rings. The number of aryl methyl sites for hydroxylation is 1. The van der Waals surface area contributed by atoms with Crippen molar-refractivity contribution in [2.24, 2.45) is 5.92 Å². The zero-order valence-corrected chi connectivity index (χ0v) is 20.0. The van der Waals surface area contributed by atoms with E-state index < -0.39 is 0 Å². The van der Waals surface area contributed by atoms with Gasteiger partial charge >= 0.3 is 0 Å². The van der Waals surface area contributed by atoms with Gasteiger partial charge in [0.15, 0.2) is 11.4 Å². The lowest BCUT2D eigenvalue weighted by Crippen LogP contribution is -2.58. The van der Waals surface area contributed by atoms with Gasteiger partial charge in [-0.25, -0.2) is 4.57 Å². The molecule has 1 aliphatic heterocycles. The molecule has 0 spiro atoms. The first-order valence-corrected chi connectivity index (χ1v) is 12.5. The van der Waals surface area contributed by atoms with Gasteiger partial charge < -0.3 is 0 Å². The largest absolute Gasteiger partial charge is 0.295 e. The van der Waals surface area contributed by atoms with E-state index in [2.05, 4.69) is 109 Å². The molecule has 3 aromatic carbocycles. The molecule has 2 heteroatoms. The van der Waals surface area contributed by atoms with Gasteiger partial charge in [0.05, 0.1) is 5.56 Å². The first-order chi connectivity index (χ1) is 16.1. The minimum atomic E-state index is -0.0454. The second-order valence-electron chi connectivity index (χ2n) is 10.1. The molecule has 1 unspecified atom stereocenters. The molecule has 2 nitrogen and oxygen atoms in total. The molecule has 0 radical (unpaired) electrons. The van der Waals surface area contributed by atoms with Crippen LogP contribution in [0.2, 0.25) is 0 Å². The van der Waals surface area contributed by atoms with Crippen molar-refractivity contribution in [2.75, 3.05) is 0 Å². The Morgan fingerprint density at radius 3 is 2.21 bits per heavy atom. The monoisotopic (exact) mass is 433 g/mol. The van der Waals surface area contributed by atoms with Crippen molar-refractivity contribution >= 4 is 0 Å². The van der Waals surface area contributed by atoms with Crippen LogP contribution in [0.3, 0.4) is 0 Å². The van der Waals surface area contributed by atoms with Crippen LogP contribution in [-0.2, 0) is 5.54 Å². The van der Waals surface area contributed by atoms with Gasteiger partial charge in [0.2, 0.25) is 0 Å². The minimum Gasteiger partial charge on any atom is -0.213 e. The highest BCUT2D eigenvalue weighted by atomic mass is 15.2. The van der Waals surface area contributed by atoms with Crippen LogP contribution >= 0.6 is 0 Å². The van der Waals surface area contributed by atoms with E-state index in [0.717, 1.165) is 0 Å². The zero-order chi connectivity index (χ0) is 22.6. The second kappa shape index (κ2) is 7.73. The van der Waals surface area contributed by atoms with E-state index in [9.17, 15) is 0 Å². The quantitative estimate of drug-likeness (QED) is 0.298. The third-order valence-corrected chi connectivity index (χ3v) is 8.31. The van der Waals surface area contributed by atoms with E-state index in [-0.39, 0.29) is 5.54 Å². The lowest BCUT2D eigenvalue weighted by Gasteiger charge is -2.36. The van der Waals surface area contributed by atoms with Gasteiger partial charge in [0.25, 0.3) is 5.82 Å². The van der Waals surface area contributed by atoms with Gasteiger partial charge in [-0.3, -0.25) is 0 Å². The van der Waals surface area contributed by atoms with Crippen LogP contribution in [0, 0.1) is 19.8 Å². The summed E-state index contributed by atoms with van der Waals surface area (Å²) in [5.41, 5.74) is 9.45. The fourth-order valence-electron chi connectivity index (χ4n) is 6.67. The van der Waals surface area contributed by atoms with E-state index in [1.54, 1.807) is 0 Å². The highest BCUT2D eigenvalue weighted by molar-refractivity contribution is 5.72. The number of hydrogen-bond donors (Lipinski definition) is 0. The molecule has 0 bridgehead atoms. The van der Waals surface area contributed by atoms with Crippen LogP contribution < -0.4 is 4.57 Å². The molecule has 2 aliphatic rings. The van der Waals surface area contributed by atoms with Crippen LogP contribution in [0.15, 0.2) is 78.9 Å². The van der Waals surface area contributed by atoms with Crippen molar-refractivity contribution in [1.29, 1.82) is 0 Å². The molecule has 4 aromatic rings. The molecule has 1 aliphatic carbocycles. The summed E-state index contributed by atoms with van der Waals surface area (Å²) in [6.45, 7) is 7.06. The van der Waals surface area contributed by atoms with Crippen molar-refractivity contribution in [3.8, 4) is 28.3 Å². The standard InChI is InChI=1S/C31H33N2/c1-22-14-10-13-21-28(22)32-23(2)29-26-19-11-12-20-27(26)31(3,25-17-8-5-9-18-25)33(29)30(32)24-15-6-4-7-16-24/h4,6-7,10-16,19-21,25H,5,8-9,17-18H2,1-3H3/q+1. The topological polar surface area (TPSA) is 8.81 Å². The Bertz CT molecular complexity index is 1320. The van der Waals surface area contributed by atoms with Crippen molar-refractivity contribution in [2.45, 2.75) is 58.4 Å². The second-order valence-corrected chi connectivity index (χ2v) is 10.1. The third-order valence-electron chi connectivity index (χ3n) is 8.31. The van der Waals surface area contributed by atoms with Crippen molar-refractivity contribution in [1.82, 2.24) is 4.57 Å². The molecule has 0 amide bonds. The van der Waals surface area contributed by atoms with Gasteiger partial charge in [0.1, 0.15) is 11.2 Å². The van der Waals surface area contributed by atoms with E-state index in [0.29, 0.717) is 5.92 Å². The number of fused-ring (bicyclic) bond motifs is 3. The van der Waals surface area contributed by atoms with Crippen LogP contribution in [0.1, 0.15) is 55.8 Å². The number of hydrogen-bond acceptors (Lipinski definition) is 0. The van der Waals surface area contributed by atoms with Gasteiger partial charge in [-0.15, -0.1) is 0 Å². The van der Waals surface area contributed by atoms with E-state index in [1.165, 1.54) is 77.3 Å². The van der Waals surface area contributed by atoms with E-state index >= 15 is 0 Å². The SMILES string of the molecule is Cc1ccccc1-n1c(C)c2[n+](c1-c1ccccc1)C(C)(C1CCCCC1)c1ccccc1-2. The van der Waals surface area contributed by atoms with Crippen LogP contribution in [-0.4, -0.2) is 4.57 Å².